The van der Waals surface area contributed by atoms with E-state index in [1.165, 1.54) is 12.8 Å². The van der Waals surface area contributed by atoms with Crippen LogP contribution in [0.5, 0.6) is 0 Å². The Hall–Kier alpha value is -0.0800. The first-order chi connectivity index (χ1) is 6.29. The lowest BCUT2D eigenvalue weighted by molar-refractivity contribution is -0.0181. The quantitative estimate of drug-likeness (QED) is 0.725. The van der Waals surface area contributed by atoms with E-state index in [9.17, 15) is 5.11 Å². The van der Waals surface area contributed by atoms with Crippen LogP contribution in [-0.2, 0) is 4.74 Å². The standard InChI is InChI=1S/C11H20O2/c1-8(9-2-3-9)11(12)10-4-6-13-7-5-10/h8-12H,2-7H2,1H3. The zero-order valence-corrected chi connectivity index (χ0v) is 8.41. The average molecular weight is 184 g/mol. The molecule has 1 aliphatic heterocycles. The largest absolute Gasteiger partial charge is 0.393 e. The van der Waals surface area contributed by atoms with E-state index in [1.54, 1.807) is 0 Å². The summed E-state index contributed by atoms with van der Waals surface area (Å²) < 4.78 is 5.29. The fourth-order valence-corrected chi connectivity index (χ4v) is 2.39. The summed E-state index contributed by atoms with van der Waals surface area (Å²) in [7, 11) is 0. The van der Waals surface area contributed by atoms with E-state index in [-0.39, 0.29) is 6.10 Å². The molecule has 0 aromatic rings. The van der Waals surface area contributed by atoms with Crippen LogP contribution in [0.15, 0.2) is 0 Å². The van der Waals surface area contributed by atoms with Gasteiger partial charge in [-0.15, -0.1) is 0 Å². The van der Waals surface area contributed by atoms with E-state index in [1.807, 2.05) is 0 Å². The van der Waals surface area contributed by atoms with Gasteiger partial charge in [-0.2, -0.15) is 0 Å². The smallest absolute Gasteiger partial charge is 0.0598 e. The molecule has 76 valence electrons. The van der Waals surface area contributed by atoms with Crippen molar-refractivity contribution in [2.24, 2.45) is 17.8 Å². The highest BCUT2D eigenvalue weighted by atomic mass is 16.5. The summed E-state index contributed by atoms with van der Waals surface area (Å²) in [5.74, 6) is 1.84. The number of hydrogen-bond acceptors (Lipinski definition) is 2. The lowest BCUT2D eigenvalue weighted by Crippen LogP contribution is -2.33. The van der Waals surface area contributed by atoms with Gasteiger partial charge in [0.05, 0.1) is 6.10 Å². The highest BCUT2D eigenvalue weighted by Crippen LogP contribution is 2.40. The van der Waals surface area contributed by atoms with E-state index in [2.05, 4.69) is 6.92 Å². The maximum absolute atomic E-state index is 10.1. The summed E-state index contributed by atoms with van der Waals surface area (Å²) in [4.78, 5) is 0. The van der Waals surface area contributed by atoms with Crippen LogP contribution in [0.1, 0.15) is 32.6 Å². The third kappa shape index (κ3) is 2.23. The Bertz CT molecular complexity index is 159. The van der Waals surface area contributed by atoms with Gasteiger partial charge in [0.1, 0.15) is 0 Å². The molecule has 2 fully saturated rings. The van der Waals surface area contributed by atoms with Crippen molar-refractivity contribution in [2.75, 3.05) is 13.2 Å². The van der Waals surface area contributed by atoms with E-state index in [0.717, 1.165) is 32.0 Å². The third-order valence-corrected chi connectivity index (χ3v) is 3.65. The van der Waals surface area contributed by atoms with Crippen molar-refractivity contribution in [1.29, 1.82) is 0 Å². The van der Waals surface area contributed by atoms with Gasteiger partial charge >= 0.3 is 0 Å². The molecule has 1 saturated heterocycles. The molecule has 2 heteroatoms. The van der Waals surface area contributed by atoms with Crippen LogP contribution in [0.2, 0.25) is 0 Å². The first-order valence-electron chi connectivity index (χ1n) is 5.55. The fourth-order valence-electron chi connectivity index (χ4n) is 2.39. The van der Waals surface area contributed by atoms with Gasteiger partial charge in [-0.25, -0.2) is 0 Å². The molecule has 2 atom stereocenters. The molecule has 1 saturated carbocycles. The van der Waals surface area contributed by atoms with E-state index in [4.69, 9.17) is 4.74 Å². The van der Waals surface area contributed by atoms with Gasteiger partial charge in [-0.3, -0.25) is 0 Å². The Morgan fingerprint density at radius 3 is 2.23 bits per heavy atom. The zero-order valence-electron chi connectivity index (χ0n) is 8.41. The maximum Gasteiger partial charge on any atom is 0.0598 e. The Labute approximate surface area is 80.3 Å². The summed E-state index contributed by atoms with van der Waals surface area (Å²) in [6, 6.07) is 0. The summed E-state index contributed by atoms with van der Waals surface area (Å²) in [6.45, 7) is 3.90. The zero-order chi connectivity index (χ0) is 9.26. The predicted octanol–water partition coefficient (Wildman–Crippen LogP) is 1.82. The Kier molecular flexibility index (Phi) is 2.89. The van der Waals surface area contributed by atoms with E-state index < -0.39 is 0 Å². The topological polar surface area (TPSA) is 29.5 Å². The van der Waals surface area contributed by atoms with Gasteiger partial charge in [0, 0.05) is 13.2 Å². The second-order valence-corrected chi connectivity index (χ2v) is 4.64. The van der Waals surface area contributed by atoms with Crippen molar-refractivity contribution in [2.45, 2.75) is 38.7 Å². The van der Waals surface area contributed by atoms with Crippen LogP contribution in [0.25, 0.3) is 0 Å². The van der Waals surface area contributed by atoms with Crippen LogP contribution >= 0.6 is 0 Å². The van der Waals surface area contributed by atoms with E-state index >= 15 is 0 Å². The van der Waals surface area contributed by atoms with Crippen LogP contribution in [-0.4, -0.2) is 24.4 Å². The molecule has 13 heavy (non-hydrogen) atoms. The van der Waals surface area contributed by atoms with Gasteiger partial charge < -0.3 is 9.84 Å². The lowest BCUT2D eigenvalue weighted by Gasteiger charge is -2.30. The molecule has 2 rings (SSSR count). The summed E-state index contributed by atoms with van der Waals surface area (Å²) in [5, 5.41) is 10.1. The van der Waals surface area contributed by atoms with Gasteiger partial charge in [0.25, 0.3) is 0 Å². The molecule has 2 aliphatic rings. The van der Waals surface area contributed by atoms with Crippen LogP contribution in [0.4, 0.5) is 0 Å². The molecule has 2 unspecified atom stereocenters. The van der Waals surface area contributed by atoms with Crippen molar-refractivity contribution in [1.82, 2.24) is 0 Å². The lowest BCUT2D eigenvalue weighted by atomic mass is 9.84. The van der Waals surface area contributed by atoms with Crippen LogP contribution < -0.4 is 0 Å². The summed E-state index contributed by atoms with van der Waals surface area (Å²) in [6.07, 6.45) is 4.70. The highest BCUT2D eigenvalue weighted by molar-refractivity contribution is 4.86. The predicted molar refractivity (Wildman–Crippen MR) is 51.4 cm³/mol. The molecule has 0 radical (unpaired) electrons. The average Bonchev–Trinajstić information content (AvgIpc) is 3.00. The van der Waals surface area contributed by atoms with Gasteiger partial charge in [-0.05, 0) is 43.4 Å². The van der Waals surface area contributed by atoms with Crippen molar-refractivity contribution in [3.63, 3.8) is 0 Å². The maximum atomic E-state index is 10.1. The molecular weight excluding hydrogens is 164 g/mol. The number of aliphatic hydroxyl groups is 1. The van der Waals surface area contributed by atoms with Crippen LogP contribution in [0, 0.1) is 17.8 Å². The minimum atomic E-state index is -0.0728. The number of ether oxygens (including phenoxy) is 1. The van der Waals surface area contributed by atoms with Crippen LogP contribution in [0.3, 0.4) is 0 Å². The van der Waals surface area contributed by atoms with Crippen molar-refractivity contribution in [3.8, 4) is 0 Å². The Morgan fingerprint density at radius 1 is 1.08 bits per heavy atom. The molecule has 0 spiro atoms. The second kappa shape index (κ2) is 3.97. The highest BCUT2D eigenvalue weighted by Gasteiger charge is 2.36. The molecule has 1 aliphatic carbocycles. The minimum absolute atomic E-state index is 0.0728. The molecule has 0 bridgehead atoms. The molecular formula is C11H20O2. The number of aliphatic hydroxyl groups excluding tert-OH is 1. The van der Waals surface area contributed by atoms with Crippen molar-refractivity contribution < 1.29 is 9.84 Å². The first kappa shape index (κ1) is 9.47. The van der Waals surface area contributed by atoms with Crippen molar-refractivity contribution >= 4 is 0 Å². The second-order valence-electron chi connectivity index (χ2n) is 4.64. The SMILES string of the molecule is CC(C1CC1)C(O)C1CCOCC1. The minimum Gasteiger partial charge on any atom is -0.393 e. The van der Waals surface area contributed by atoms with Gasteiger partial charge in [-0.1, -0.05) is 6.92 Å². The fraction of sp³-hybridized carbons (Fsp3) is 1.00. The normalized spacial score (nSPS) is 30.0. The molecule has 2 nitrogen and oxygen atoms in total. The molecule has 0 aromatic heterocycles. The monoisotopic (exact) mass is 184 g/mol. The Morgan fingerprint density at radius 2 is 1.69 bits per heavy atom. The summed E-state index contributed by atoms with van der Waals surface area (Å²) in [5.41, 5.74) is 0. The molecule has 1 N–H and O–H groups in total. The number of rotatable bonds is 3. The first-order valence-corrected chi connectivity index (χ1v) is 5.55. The van der Waals surface area contributed by atoms with Gasteiger partial charge in [0.15, 0.2) is 0 Å². The molecule has 1 heterocycles. The number of hydrogen-bond donors (Lipinski definition) is 1. The molecule has 0 aromatic carbocycles. The van der Waals surface area contributed by atoms with Crippen molar-refractivity contribution in [3.05, 3.63) is 0 Å². The van der Waals surface area contributed by atoms with E-state index in [0.29, 0.717) is 11.8 Å². The summed E-state index contributed by atoms with van der Waals surface area (Å²) >= 11 is 0. The third-order valence-electron chi connectivity index (χ3n) is 3.65. The van der Waals surface area contributed by atoms with Gasteiger partial charge in [0.2, 0.25) is 0 Å². The Balaban J connectivity index is 1.82. The molecule has 0 amide bonds.